The molecule has 0 spiro atoms. The SMILES string of the molecule is [B]c1nncs1. The third-order valence-corrected chi connectivity index (χ3v) is 0.900. The fraction of sp³-hybridized carbons (Fsp3) is 0. The fourth-order valence-corrected chi connectivity index (χ4v) is 0.478. The standard InChI is InChI=1S/C2HBN2S/c3-2-5-4-1-6-2/h1H. The Morgan fingerprint density at radius 1 is 1.83 bits per heavy atom. The number of aromatic nitrogens is 2. The van der Waals surface area contributed by atoms with Gasteiger partial charge in [-0.2, -0.15) is 5.10 Å². The van der Waals surface area contributed by atoms with Gasteiger partial charge >= 0.3 is 0 Å². The minimum atomic E-state index is 0.523. The smallest absolute Gasteiger partial charge is 0.156 e. The van der Waals surface area contributed by atoms with Gasteiger partial charge in [-0.15, -0.1) is 16.4 Å². The van der Waals surface area contributed by atoms with Gasteiger partial charge in [0.25, 0.3) is 0 Å². The van der Waals surface area contributed by atoms with Crippen LogP contribution in [0.2, 0.25) is 0 Å². The van der Waals surface area contributed by atoms with Crippen molar-refractivity contribution in [3.05, 3.63) is 5.51 Å². The van der Waals surface area contributed by atoms with E-state index < -0.39 is 0 Å². The highest BCUT2D eigenvalue weighted by Crippen LogP contribution is 1.76. The Balaban J connectivity index is 3.05. The number of nitrogens with zero attached hydrogens (tertiary/aromatic N) is 2. The molecular weight excluding hydrogens is 94.9 g/mol. The summed E-state index contributed by atoms with van der Waals surface area (Å²) in [5, 5.41) is 6.93. The molecule has 0 bridgehead atoms. The van der Waals surface area contributed by atoms with Crippen LogP contribution in [0.4, 0.5) is 0 Å². The zero-order valence-electron chi connectivity index (χ0n) is 2.96. The molecule has 1 aromatic heterocycles. The molecule has 0 amide bonds. The second-order valence-corrected chi connectivity index (χ2v) is 1.64. The molecule has 0 aliphatic heterocycles. The van der Waals surface area contributed by atoms with Crippen LogP contribution in [0.25, 0.3) is 0 Å². The Kier molecular flexibility index (Phi) is 0.878. The first-order valence-corrected chi connectivity index (χ1v) is 2.29. The van der Waals surface area contributed by atoms with Crippen LogP contribution in [-0.4, -0.2) is 18.0 Å². The Hall–Kier alpha value is -0.375. The van der Waals surface area contributed by atoms with Crippen molar-refractivity contribution >= 4 is 24.1 Å². The lowest BCUT2D eigenvalue weighted by atomic mass is 10.2. The van der Waals surface area contributed by atoms with Crippen LogP contribution >= 0.6 is 11.3 Å². The van der Waals surface area contributed by atoms with E-state index in [0.29, 0.717) is 4.91 Å². The van der Waals surface area contributed by atoms with Crippen LogP contribution in [0.1, 0.15) is 0 Å². The predicted molar refractivity (Wildman–Crippen MR) is 25.3 cm³/mol. The average molecular weight is 95.9 g/mol. The van der Waals surface area contributed by atoms with Crippen molar-refractivity contribution in [1.82, 2.24) is 10.2 Å². The van der Waals surface area contributed by atoms with Gasteiger partial charge in [0.2, 0.25) is 0 Å². The summed E-state index contributed by atoms with van der Waals surface area (Å²) >= 11 is 1.33. The average Bonchev–Trinajstić information content (AvgIpc) is 1.86. The zero-order chi connectivity index (χ0) is 4.41. The molecule has 4 heteroatoms. The van der Waals surface area contributed by atoms with Crippen molar-refractivity contribution in [3.8, 4) is 0 Å². The molecule has 6 heavy (non-hydrogen) atoms. The Bertz CT molecular complexity index is 115. The summed E-state index contributed by atoms with van der Waals surface area (Å²) in [5.41, 5.74) is 1.59. The molecule has 0 saturated heterocycles. The monoisotopic (exact) mass is 96.0 g/mol. The Labute approximate surface area is 40.6 Å². The van der Waals surface area contributed by atoms with E-state index in [0.717, 1.165) is 0 Å². The van der Waals surface area contributed by atoms with Crippen molar-refractivity contribution in [2.45, 2.75) is 0 Å². The molecule has 1 aromatic rings. The van der Waals surface area contributed by atoms with Gasteiger partial charge in [0.15, 0.2) is 7.85 Å². The van der Waals surface area contributed by atoms with Crippen LogP contribution in [0, 0.1) is 0 Å². The minimum Gasteiger partial charge on any atom is -0.156 e. The molecule has 0 saturated carbocycles. The quantitative estimate of drug-likeness (QED) is 0.400. The third-order valence-electron chi connectivity index (χ3n) is 0.377. The molecule has 0 N–H and O–H groups in total. The number of rotatable bonds is 0. The molecule has 28 valence electrons. The first-order chi connectivity index (χ1) is 2.89. The first-order valence-electron chi connectivity index (χ1n) is 1.41. The first kappa shape index (κ1) is 3.80. The van der Waals surface area contributed by atoms with Gasteiger partial charge in [-0.25, -0.2) is 0 Å². The Morgan fingerprint density at radius 2 is 2.67 bits per heavy atom. The van der Waals surface area contributed by atoms with Gasteiger partial charge in [-0.1, -0.05) is 0 Å². The lowest BCUT2D eigenvalue weighted by Crippen LogP contribution is -1.97. The van der Waals surface area contributed by atoms with Crippen molar-refractivity contribution in [2.75, 3.05) is 0 Å². The van der Waals surface area contributed by atoms with Gasteiger partial charge in [0.1, 0.15) is 5.51 Å². The lowest BCUT2D eigenvalue weighted by Gasteiger charge is -1.62. The van der Waals surface area contributed by atoms with Gasteiger partial charge in [-0.3, -0.25) is 0 Å². The molecule has 0 fully saturated rings. The summed E-state index contributed by atoms with van der Waals surface area (Å²) in [6, 6.07) is 0. The lowest BCUT2D eigenvalue weighted by molar-refractivity contribution is 1.11. The summed E-state index contributed by atoms with van der Waals surface area (Å²) in [7, 11) is 5.12. The molecule has 0 unspecified atom stereocenters. The third kappa shape index (κ3) is 0.569. The van der Waals surface area contributed by atoms with E-state index in [9.17, 15) is 0 Å². The van der Waals surface area contributed by atoms with Crippen LogP contribution in [0.5, 0.6) is 0 Å². The van der Waals surface area contributed by atoms with E-state index in [4.69, 9.17) is 7.85 Å². The largest absolute Gasteiger partial charge is 0.159 e. The molecule has 2 radical (unpaired) electrons. The highest BCUT2D eigenvalue weighted by molar-refractivity contribution is 7.17. The molecule has 0 atom stereocenters. The van der Waals surface area contributed by atoms with Crippen molar-refractivity contribution in [3.63, 3.8) is 0 Å². The topological polar surface area (TPSA) is 25.8 Å². The summed E-state index contributed by atoms with van der Waals surface area (Å²) in [4.78, 5) is 0.523. The van der Waals surface area contributed by atoms with Gasteiger partial charge in [0, 0.05) is 0 Å². The van der Waals surface area contributed by atoms with Gasteiger partial charge in [-0.05, 0) is 0 Å². The Morgan fingerprint density at radius 3 is 2.83 bits per heavy atom. The second-order valence-electron chi connectivity index (χ2n) is 0.777. The van der Waals surface area contributed by atoms with E-state index in [1.165, 1.54) is 11.3 Å². The van der Waals surface area contributed by atoms with Crippen LogP contribution in [-0.2, 0) is 0 Å². The van der Waals surface area contributed by atoms with Crippen LogP contribution in [0.3, 0.4) is 0 Å². The predicted octanol–water partition coefficient (Wildman–Crippen LogP) is -0.668. The highest BCUT2D eigenvalue weighted by atomic mass is 32.1. The summed E-state index contributed by atoms with van der Waals surface area (Å²) in [5.74, 6) is 0. The highest BCUT2D eigenvalue weighted by Gasteiger charge is 1.77. The van der Waals surface area contributed by atoms with E-state index in [-0.39, 0.29) is 0 Å². The van der Waals surface area contributed by atoms with E-state index in [2.05, 4.69) is 10.2 Å². The molecule has 0 aliphatic rings. The van der Waals surface area contributed by atoms with Gasteiger partial charge in [0.05, 0.1) is 4.91 Å². The van der Waals surface area contributed by atoms with E-state index in [1.54, 1.807) is 5.51 Å². The summed E-state index contributed by atoms with van der Waals surface area (Å²) < 4.78 is 0. The molecule has 0 aromatic carbocycles. The van der Waals surface area contributed by atoms with Crippen LogP contribution in [0.15, 0.2) is 5.51 Å². The van der Waals surface area contributed by atoms with Crippen molar-refractivity contribution in [1.29, 1.82) is 0 Å². The molecule has 0 aliphatic carbocycles. The maximum Gasteiger partial charge on any atom is 0.159 e. The van der Waals surface area contributed by atoms with Crippen molar-refractivity contribution in [2.24, 2.45) is 0 Å². The summed E-state index contributed by atoms with van der Waals surface area (Å²) in [6.07, 6.45) is 0. The van der Waals surface area contributed by atoms with E-state index in [1.807, 2.05) is 0 Å². The fourth-order valence-electron chi connectivity index (χ4n) is 0.182. The summed E-state index contributed by atoms with van der Waals surface area (Å²) in [6.45, 7) is 0. The normalized spacial score (nSPS) is 8.67. The molecule has 1 rings (SSSR count). The number of hydrogen-bond donors (Lipinski definition) is 0. The van der Waals surface area contributed by atoms with Gasteiger partial charge < -0.3 is 0 Å². The van der Waals surface area contributed by atoms with Crippen molar-refractivity contribution < 1.29 is 0 Å². The van der Waals surface area contributed by atoms with Crippen LogP contribution < -0.4 is 4.91 Å². The molecule has 1 heterocycles. The number of hydrogen-bond acceptors (Lipinski definition) is 3. The second kappa shape index (κ2) is 1.38. The zero-order valence-corrected chi connectivity index (χ0v) is 3.77. The minimum absolute atomic E-state index is 0.523. The molecular formula is C2HBN2S. The van der Waals surface area contributed by atoms with E-state index >= 15 is 0 Å². The molecule has 2 nitrogen and oxygen atoms in total. The maximum absolute atomic E-state index is 5.12. The maximum atomic E-state index is 5.12.